The van der Waals surface area contributed by atoms with Crippen LogP contribution in [0.3, 0.4) is 0 Å². The minimum absolute atomic E-state index is 0.246. The number of fused-ring (bicyclic) bond motifs is 1. The SMILES string of the molecule is COCc1nc2n(n1)CC(Nc1cc(C)nc(-c3cccnc3)n1)CC2. The van der Waals surface area contributed by atoms with Crippen LogP contribution in [-0.4, -0.2) is 42.9 Å². The van der Waals surface area contributed by atoms with Crippen molar-refractivity contribution in [1.82, 2.24) is 29.7 Å². The third-order valence-electron chi connectivity index (χ3n) is 4.30. The molecule has 0 radical (unpaired) electrons. The molecule has 0 saturated carbocycles. The summed E-state index contributed by atoms with van der Waals surface area (Å²) in [5, 5.41) is 8.04. The first-order valence-corrected chi connectivity index (χ1v) is 8.65. The van der Waals surface area contributed by atoms with E-state index in [2.05, 4.69) is 30.4 Å². The van der Waals surface area contributed by atoms with Gasteiger partial charge in [0.2, 0.25) is 0 Å². The number of nitrogens with zero attached hydrogens (tertiary/aromatic N) is 6. The molecule has 26 heavy (non-hydrogen) atoms. The van der Waals surface area contributed by atoms with Crippen molar-refractivity contribution in [2.75, 3.05) is 12.4 Å². The van der Waals surface area contributed by atoms with Crippen LogP contribution in [0.4, 0.5) is 5.82 Å². The molecule has 0 amide bonds. The van der Waals surface area contributed by atoms with Gasteiger partial charge in [0.25, 0.3) is 0 Å². The van der Waals surface area contributed by atoms with Crippen LogP contribution >= 0.6 is 0 Å². The van der Waals surface area contributed by atoms with Gasteiger partial charge < -0.3 is 10.1 Å². The zero-order chi connectivity index (χ0) is 17.9. The lowest BCUT2D eigenvalue weighted by molar-refractivity contribution is 0.177. The summed E-state index contributed by atoms with van der Waals surface area (Å²) in [6.45, 7) is 3.18. The number of hydrogen-bond acceptors (Lipinski definition) is 7. The molecule has 4 heterocycles. The molecule has 8 nitrogen and oxygen atoms in total. The summed E-state index contributed by atoms with van der Waals surface area (Å²) in [4.78, 5) is 17.9. The van der Waals surface area contributed by atoms with Gasteiger partial charge in [-0.1, -0.05) is 0 Å². The van der Waals surface area contributed by atoms with E-state index in [0.717, 1.165) is 48.1 Å². The van der Waals surface area contributed by atoms with E-state index in [1.54, 1.807) is 19.5 Å². The maximum atomic E-state index is 5.12. The molecular weight excluding hydrogens is 330 g/mol. The number of hydrogen-bond donors (Lipinski definition) is 1. The largest absolute Gasteiger partial charge is 0.377 e. The molecule has 1 atom stereocenters. The Balaban J connectivity index is 1.51. The Bertz CT molecular complexity index is 894. The Hall–Kier alpha value is -2.87. The van der Waals surface area contributed by atoms with Gasteiger partial charge in [-0.3, -0.25) is 4.98 Å². The fraction of sp³-hybridized carbons (Fsp3) is 0.389. The zero-order valence-electron chi connectivity index (χ0n) is 14.9. The Morgan fingerprint density at radius 3 is 3.04 bits per heavy atom. The van der Waals surface area contributed by atoms with E-state index in [-0.39, 0.29) is 6.04 Å². The number of rotatable bonds is 5. The van der Waals surface area contributed by atoms with Crippen LogP contribution in [0, 0.1) is 6.92 Å². The summed E-state index contributed by atoms with van der Waals surface area (Å²) in [7, 11) is 1.65. The van der Waals surface area contributed by atoms with E-state index in [4.69, 9.17) is 4.74 Å². The molecule has 0 fully saturated rings. The second-order valence-electron chi connectivity index (χ2n) is 6.40. The lowest BCUT2D eigenvalue weighted by atomic mass is 10.1. The monoisotopic (exact) mass is 351 g/mol. The predicted octanol–water partition coefficient (Wildman–Crippen LogP) is 2.01. The molecule has 0 bridgehead atoms. The second kappa shape index (κ2) is 7.17. The first kappa shape index (κ1) is 16.6. The predicted molar refractivity (Wildman–Crippen MR) is 96.5 cm³/mol. The molecule has 1 aliphatic rings. The van der Waals surface area contributed by atoms with Crippen LogP contribution < -0.4 is 5.32 Å². The van der Waals surface area contributed by atoms with Crippen molar-refractivity contribution in [3.63, 3.8) is 0 Å². The van der Waals surface area contributed by atoms with Gasteiger partial charge in [0.1, 0.15) is 18.2 Å². The van der Waals surface area contributed by atoms with Gasteiger partial charge in [-0.25, -0.2) is 19.6 Å². The molecule has 1 aliphatic heterocycles. The standard InChI is InChI=1S/C18H21N7O/c1-12-8-15(23-18(20-12)13-4-3-7-19-9-13)21-14-5-6-17-22-16(11-26-2)24-25(17)10-14/h3-4,7-9,14H,5-6,10-11H2,1-2H3,(H,20,21,23). The third kappa shape index (κ3) is 3.55. The number of nitrogens with one attached hydrogen (secondary N) is 1. The summed E-state index contributed by atoms with van der Waals surface area (Å²) >= 11 is 0. The van der Waals surface area contributed by atoms with Gasteiger partial charge in [-0.05, 0) is 25.5 Å². The summed E-state index contributed by atoms with van der Waals surface area (Å²) in [5.41, 5.74) is 1.83. The van der Waals surface area contributed by atoms with Crippen molar-refractivity contribution < 1.29 is 4.74 Å². The molecule has 0 aromatic carbocycles. The van der Waals surface area contributed by atoms with Crippen LogP contribution in [0.5, 0.6) is 0 Å². The molecule has 3 aromatic rings. The van der Waals surface area contributed by atoms with Crippen molar-refractivity contribution in [3.05, 3.63) is 47.9 Å². The highest BCUT2D eigenvalue weighted by Crippen LogP contribution is 2.20. The Morgan fingerprint density at radius 2 is 2.23 bits per heavy atom. The highest BCUT2D eigenvalue weighted by molar-refractivity contribution is 5.56. The quantitative estimate of drug-likeness (QED) is 0.752. The minimum Gasteiger partial charge on any atom is -0.377 e. The highest BCUT2D eigenvalue weighted by atomic mass is 16.5. The third-order valence-corrected chi connectivity index (χ3v) is 4.30. The van der Waals surface area contributed by atoms with Gasteiger partial charge in [-0.15, -0.1) is 0 Å². The van der Waals surface area contributed by atoms with Crippen LogP contribution in [0.2, 0.25) is 0 Å². The van der Waals surface area contributed by atoms with E-state index >= 15 is 0 Å². The number of aryl methyl sites for hydroxylation is 2. The van der Waals surface area contributed by atoms with Crippen LogP contribution in [0.1, 0.15) is 23.8 Å². The topological polar surface area (TPSA) is 90.6 Å². The molecule has 0 saturated heterocycles. The van der Waals surface area contributed by atoms with Gasteiger partial charge in [0.15, 0.2) is 11.6 Å². The number of anilines is 1. The fourth-order valence-electron chi connectivity index (χ4n) is 3.14. The van der Waals surface area contributed by atoms with Crippen molar-refractivity contribution in [2.24, 2.45) is 0 Å². The molecule has 3 aromatic heterocycles. The lowest BCUT2D eigenvalue weighted by Crippen LogP contribution is -2.32. The first-order chi connectivity index (χ1) is 12.7. The number of aromatic nitrogens is 6. The van der Waals surface area contributed by atoms with Crippen molar-refractivity contribution in [2.45, 2.75) is 39.0 Å². The molecule has 1 N–H and O–H groups in total. The summed E-state index contributed by atoms with van der Waals surface area (Å²) in [5.74, 6) is 3.26. The van der Waals surface area contributed by atoms with Crippen LogP contribution in [0.25, 0.3) is 11.4 Å². The number of methoxy groups -OCH3 is 1. The fourth-order valence-corrected chi connectivity index (χ4v) is 3.14. The zero-order valence-corrected chi connectivity index (χ0v) is 14.9. The van der Waals surface area contributed by atoms with E-state index < -0.39 is 0 Å². The second-order valence-corrected chi connectivity index (χ2v) is 6.40. The normalized spacial score (nSPS) is 16.3. The Morgan fingerprint density at radius 1 is 1.31 bits per heavy atom. The molecular formula is C18H21N7O. The van der Waals surface area contributed by atoms with Crippen LogP contribution in [0.15, 0.2) is 30.6 Å². The van der Waals surface area contributed by atoms with Gasteiger partial charge in [0, 0.05) is 49.3 Å². The Labute approximate surface area is 151 Å². The number of ether oxygens (including phenoxy) is 1. The molecule has 0 aliphatic carbocycles. The van der Waals surface area contributed by atoms with Gasteiger partial charge >= 0.3 is 0 Å². The number of pyridine rings is 1. The summed E-state index contributed by atoms with van der Waals surface area (Å²) < 4.78 is 7.08. The van der Waals surface area contributed by atoms with Gasteiger partial charge in [-0.2, -0.15) is 5.10 Å². The average Bonchev–Trinajstić information content (AvgIpc) is 3.04. The maximum Gasteiger partial charge on any atom is 0.176 e. The van der Waals surface area contributed by atoms with E-state index in [0.29, 0.717) is 12.4 Å². The van der Waals surface area contributed by atoms with Gasteiger partial charge in [0.05, 0.1) is 6.54 Å². The summed E-state index contributed by atoms with van der Waals surface area (Å²) in [6, 6.07) is 6.06. The Kier molecular flexibility index (Phi) is 4.57. The van der Waals surface area contributed by atoms with Crippen molar-refractivity contribution >= 4 is 5.82 Å². The van der Waals surface area contributed by atoms with Crippen molar-refractivity contribution in [1.29, 1.82) is 0 Å². The molecule has 4 rings (SSSR count). The lowest BCUT2D eigenvalue weighted by Gasteiger charge is -2.24. The minimum atomic E-state index is 0.246. The smallest absolute Gasteiger partial charge is 0.176 e. The average molecular weight is 351 g/mol. The van der Waals surface area contributed by atoms with E-state index in [9.17, 15) is 0 Å². The van der Waals surface area contributed by atoms with Crippen molar-refractivity contribution in [3.8, 4) is 11.4 Å². The van der Waals surface area contributed by atoms with E-state index in [1.807, 2.05) is 29.8 Å². The highest BCUT2D eigenvalue weighted by Gasteiger charge is 2.22. The molecule has 8 heteroatoms. The molecule has 1 unspecified atom stereocenters. The molecule has 0 spiro atoms. The first-order valence-electron chi connectivity index (χ1n) is 8.65. The summed E-state index contributed by atoms with van der Waals surface area (Å²) in [6.07, 6.45) is 5.39. The van der Waals surface area contributed by atoms with E-state index in [1.165, 1.54) is 0 Å². The maximum absolute atomic E-state index is 5.12. The molecule has 134 valence electrons. The van der Waals surface area contributed by atoms with Crippen LogP contribution in [-0.2, 0) is 24.3 Å².